The predicted molar refractivity (Wildman–Crippen MR) is 334 cm³/mol. The molecule has 1 aliphatic carbocycles. The van der Waals surface area contributed by atoms with E-state index in [1.165, 1.54) is 63.6 Å². The van der Waals surface area contributed by atoms with Crippen molar-refractivity contribution in [2.75, 3.05) is 4.90 Å². The number of hydrogen-bond acceptors (Lipinski definition) is 6. The van der Waals surface area contributed by atoms with Gasteiger partial charge in [0.15, 0.2) is 5.82 Å². The molecule has 5 heterocycles. The maximum Gasteiger partial charge on any atom is 0.160 e. The van der Waals surface area contributed by atoms with E-state index in [0.717, 1.165) is 78.3 Å². The first-order chi connectivity index (χ1) is 39.1. The van der Waals surface area contributed by atoms with E-state index in [1.807, 2.05) is 34.0 Å². The summed E-state index contributed by atoms with van der Waals surface area (Å²) in [4.78, 5) is 16.6. The third kappa shape index (κ3) is 7.37. The zero-order valence-corrected chi connectivity index (χ0v) is 45.0. The number of benzene rings is 10. The van der Waals surface area contributed by atoms with Crippen LogP contribution in [0, 0.1) is 0 Å². The fourth-order valence-corrected chi connectivity index (χ4v) is 15.8. The Morgan fingerprint density at radius 3 is 1.37 bits per heavy atom. The van der Waals surface area contributed by atoms with E-state index in [9.17, 15) is 0 Å². The molecule has 0 amide bonds. The lowest BCUT2D eigenvalue weighted by Gasteiger charge is -2.44. The first kappa shape index (κ1) is 45.9. The van der Waals surface area contributed by atoms with Gasteiger partial charge in [-0.1, -0.05) is 182 Å². The molecule has 0 bridgehead atoms. The zero-order valence-electron chi connectivity index (χ0n) is 42.5. The molecule has 0 N–H and O–H groups in total. The van der Waals surface area contributed by atoms with Crippen molar-refractivity contribution in [2.24, 2.45) is 0 Å². The molecule has 1 aliphatic heterocycles. The summed E-state index contributed by atoms with van der Waals surface area (Å²) in [5, 5.41) is 7.12. The number of aromatic nitrogens is 2. The van der Waals surface area contributed by atoms with Gasteiger partial charge < -0.3 is 4.90 Å². The van der Waals surface area contributed by atoms with Crippen molar-refractivity contribution in [3.8, 4) is 88.2 Å². The van der Waals surface area contributed by atoms with Gasteiger partial charge in [0.25, 0.3) is 0 Å². The smallest absolute Gasteiger partial charge is 0.160 e. The van der Waals surface area contributed by atoms with E-state index >= 15 is 0 Å². The molecule has 0 saturated heterocycles. The monoisotopic (exact) mass is 1060 g/mol. The minimum absolute atomic E-state index is 0.485. The lowest BCUT2D eigenvalue weighted by atomic mass is 9.65. The Morgan fingerprint density at radius 1 is 0.329 bits per heavy atom. The average Bonchev–Trinajstić information content (AvgIpc) is 4.49. The van der Waals surface area contributed by atoms with Gasteiger partial charge in [-0.05, 0) is 156 Å². The second kappa shape index (κ2) is 18.4. The number of rotatable bonds is 8. The Balaban J connectivity index is 0.941. The van der Waals surface area contributed by atoms with E-state index in [4.69, 9.17) is 9.97 Å². The first-order valence-electron chi connectivity index (χ1n) is 26.7. The highest BCUT2D eigenvalue weighted by atomic mass is 32.1. The third-order valence-electron chi connectivity index (χ3n) is 16.0. The second-order valence-corrected chi connectivity index (χ2v) is 23.3. The van der Waals surface area contributed by atoms with Gasteiger partial charge in [0, 0.05) is 47.6 Å². The summed E-state index contributed by atoms with van der Waals surface area (Å²) in [7, 11) is 0. The Labute approximate surface area is 470 Å². The Morgan fingerprint density at radius 2 is 0.810 bits per heavy atom. The number of fused-ring (bicyclic) bond motifs is 13. The molecule has 0 unspecified atom stereocenters. The van der Waals surface area contributed by atoms with Crippen LogP contribution in [0.5, 0.6) is 0 Å². The van der Waals surface area contributed by atoms with Crippen molar-refractivity contribution in [3.05, 3.63) is 294 Å². The number of anilines is 3. The normalized spacial score (nSPS) is 12.9. The van der Waals surface area contributed by atoms with Crippen molar-refractivity contribution < 1.29 is 0 Å². The maximum absolute atomic E-state index is 5.65. The van der Waals surface area contributed by atoms with Crippen molar-refractivity contribution in [3.63, 3.8) is 0 Å². The molecular formula is C73H45N3S3. The van der Waals surface area contributed by atoms with E-state index in [2.05, 4.69) is 277 Å². The van der Waals surface area contributed by atoms with E-state index < -0.39 is 5.41 Å². The van der Waals surface area contributed by atoms with Crippen molar-refractivity contribution in [1.29, 1.82) is 0 Å². The van der Waals surface area contributed by atoms with Crippen molar-refractivity contribution in [2.45, 2.75) is 5.41 Å². The summed E-state index contributed by atoms with van der Waals surface area (Å²) >= 11 is 5.62. The standard InChI is InChI=1S/C73H45N3S3/c1-5-18-46(19-6-1)51-38-52(47-20-7-2-8-21-47)41-55(40-51)64-45-65(56-42-53(48-22-9-3-10-23-48)39-54(43-56)49-24-11-4-12-25-49)75-72(74-64)50-26-17-27-57(44-50)76-66-30-15-14-29-60(66)73(62-34-36-77-70(62)71-63(73)35-37-78-71)61-33-32-59-58-28-13-16-31-67(58)79-69(59)68(61)76/h1-45H. The zero-order chi connectivity index (χ0) is 52.0. The van der Waals surface area contributed by atoms with Crippen LogP contribution in [0.3, 0.4) is 0 Å². The number of nitrogens with zero attached hydrogens (tertiary/aromatic N) is 3. The molecule has 16 rings (SSSR count). The molecule has 0 fully saturated rings. The van der Waals surface area contributed by atoms with Gasteiger partial charge in [-0.15, -0.1) is 34.0 Å². The summed E-state index contributed by atoms with van der Waals surface area (Å²) in [6.45, 7) is 0. The molecule has 10 aromatic carbocycles. The summed E-state index contributed by atoms with van der Waals surface area (Å²) in [6, 6.07) is 95.2. The van der Waals surface area contributed by atoms with Gasteiger partial charge in [-0.25, -0.2) is 9.97 Å². The van der Waals surface area contributed by atoms with Crippen LogP contribution >= 0.6 is 34.0 Å². The number of para-hydroxylation sites is 1. The van der Waals surface area contributed by atoms with Gasteiger partial charge in [-0.2, -0.15) is 0 Å². The highest BCUT2D eigenvalue weighted by Crippen LogP contribution is 2.67. The minimum atomic E-state index is -0.485. The van der Waals surface area contributed by atoms with Crippen LogP contribution in [0.1, 0.15) is 22.3 Å². The molecule has 0 atom stereocenters. The second-order valence-electron chi connectivity index (χ2n) is 20.4. The molecule has 6 heteroatoms. The molecule has 3 nitrogen and oxygen atoms in total. The van der Waals surface area contributed by atoms with Gasteiger partial charge in [0.2, 0.25) is 0 Å². The largest absolute Gasteiger partial charge is 0.308 e. The molecule has 4 aromatic heterocycles. The molecule has 79 heavy (non-hydrogen) atoms. The maximum atomic E-state index is 5.65. The lowest BCUT2D eigenvalue weighted by Crippen LogP contribution is -2.35. The summed E-state index contributed by atoms with van der Waals surface area (Å²) in [5.41, 5.74) is 22.0. The van der Waals surface area contributed by atoms with Crippen LogP contribution in [-0.4, -0.2) is 9.97 Å². The van der Waals surface area contributed by atoms with Crippen LogP contribution < -0.4 is 4.90 Å². The van der Waals surface area contributed by atoms with Crippen LogP contribution in [-0.2, 0) is 5.41 Å². The molecule has 14 aromatic rings. The van der Waals surface area contributed by atoms with Crippen LogP contribution in [0.4, 0.5) is 17.1 Å². The van der Waals surface area contributed by atoms with Gasteiger partial charge in [-0.3, -0.25) is 0 Å². The minimum Gasteiger partial charge on any atom is -0.308 e. The molecular weight excluding hydrogens is 1020 g/mol. The van der Waals surface area contributed by atoms with E-state index in [-0.39, 0.29) is 0 Å². The lowest BCUT2D eigenvalue weighted by molar-refractivity contribution is 0.758. The summed E-state index contributed by atoms with van der Waals surface area (Å²) < 4.78 is 2.56. The molecule has 370 valence electrons. The van der Waals surface area contributed by atoms with Crippen molar-refractivity contribution in [1.82, 2.24) is 9.97 Å². The SMILES string of the molecule is c1ccc(-c2cc(-c3ccccc3)cc(-c3cc(-c4cc(-c5ccccc5)cc(-c5ccccc5)c4)nc(-c4cccc(N5c6ccccc6C6(c7ccsc7-c7sccc76)c6ccc7c(sc8ccccc87)c65)c4)n3)c2)cc1. The number of hydrogen-bond donors (Lipinski definition) is 0. The number of thiophene rings is 3. The Hall–Kier alpha value is -9.30. The summed E-state index contributed by atoms with van der Waals surface area (Å²) in [6.07, 6.45) is 0. The average molecular weight is 1060 g/mol. The van der Waals surface area contributed by atoms with Crippen LogP contribution in [0.2, 0.25) is 0 Å². The first-order valence-corrected chi connectivity index (χ1v) is 29.2. The Bertz CT molecular complexity index is 4370. The van der Waals surface area contributed by atoms with Gasteiger partial charge in [0.05, 0.1) is 32.9 Å². The third-order valence-corrected chi connectivity index (χ3v) is 19.2. The Kier molecular flexibility index (Phi) is 10.7. The predicted octanol–water partition coefficient (Wildman–Crippen LogP) is 20.8. The van der Waals surface area contributed by atoms with Gasteiger partial charge in [0.1, 0.15) is 0 Å². The summed E-state index contributed by atoms with van der Waals surface area (Å²) in [5.74, 6) is 0.649. The fraction of sp³-hybridized carbons (Fsp3) is 0.0137. The van der Waals surface area contributed by atoms with Crippen molar-refractivity contribution >= 4 is 71.2 Å². The van der Waals surface area contributed by atoms with E-state index in [0.29, 0.717) is 5.82 Å². The topological polar surface area (TPSA) is 29.0 Å². The van der Waals surface area contributed by atoms with Crippen LogP contribution in [0.25, 0.3) is 108 Å². The molecule has 1 spiro atoms. The molecule has 0 radical (unpaired) electrons. The molecule has 0 saturated carbocycles. The highest BCUT2D eigenvalue weighted by molar-refractivity contribution is 7.26. The highest BCUT2D eigenvalue weighted by Gasteiger charge is 2.53. The van der Waals surface area contributed by atoms with Gasteiger partial charge >= 0.3 is 0 Å². The fourth-order valence-electron chi connectivity index (χ4n) is 12.5. The van der Waals surface area contributed by atoms with Crippen LogP contribution in [0.15, 0.2) is 272 Å². The quantitative estimate of drug-likeness (QED) is 0.152. The molecule has 2 aliphatic rings. The van der Waals surface area contributed by atoms with E-state index in [1.54, 1.807) is 0 Å².